The van der Waals surface area contributed by atoms with Gasteiger partial charge in [0, 0.05) is 11.0 Å². The third-order valence-electron chi connectivity index (χ3n) is 0.804. The topological polar surface area (TPSA) is 12.0 Å². The molecule has 0 heterocycles. The lowest BCUT2D eigenvalue weighted by Gasteiger charge is -1.98. The monoisotopic (exact) mass is 195 g/mol. The molecule has 1 nitrogen and oxygen atoms in total. The summed E-state index contributed by atoms with van der Waals surface area (Å²) in [6.45, 7) is 4.81. The van der Waals surface area contributed by atoms with Crippen LogP contribution in [0.1, 0.15) is 6.42 Å². The van der Waals surface area contributed by atoms with Crippen molar-refractivity contribution in [3.05, 3.63) is 11.1 Å². The van der Waals surface area contributed by atoms with Crippen LogP contribution in [-0.4, -0.2) is 19.8 Å². The van der Waals surface area contributed by atoms with Crippen LogP contribution in [0, 0.1) is 0 Å². The van der Waals surface area contributed by atoms with Crippen LogP contribution in [0.4, 0.5) is 4.39 Å². The van der Waals surface area contributed by atoms with Gasteiger partial charge in [0.1, 0.15) is 0 Å². The quantitative estimate of drug-likeness (QED) is 0.661. The van der Waals surface area contributed by atoms with Gasteiger partial charge in [-0.3, -0.25) is 4.39 Å². The predicted octanol–water partition coefficient (Wildman–Crippen LogP) is 1.84. The van der Waals surface area contributed by atoms with E-state index in [2.05, 4.69) is 27.8 Å². The summed E-state index contributed by atoms with van der Waals surface area (Å²) in [5.41, 5.74) is 0. The zero-order valence-corrected chi connectivity index (χ0v) is 6.88. The van der Waals surface area contributed by atoms with Crippen molar-refractivity contribution < 1.29 is 4.39 Å². The largest absolute Gasteiger partial charge is 0.312 e. The molecule has 0 aliphatic carbocycles. The van der Waals surface area contributed by atoms with Gasteiger partial charge in [-0.25, -0.2) is 0 Å². The summed E-state index contributed by atoms with van der Waals surface area (Å²) < 4.78 is 12.3. The Morgan fingerprint density at radius 3 is 2.78 bits per heavy atom. The summed E-state index contributed by atoms with van der Waals surface area (Å²) in [4.78, 5) is 0. The minimum absolute atomic E-state index is 0.248. The fourth-order valence-corrected chi connectivity index (χ4v) is 0.614. The second-order valence-corrected chi connectivity index (χ2v) is 2.86. The van der Waals surface area contributed by atoms with Crippen LogP contribution in [-0.2, 0) is 0 Å². The molecular weight excluding hydrogens is 185 g/mol. The summed E-state index contributed by atoms with van der Waals surface area (Å²) in [5, 5.41) is 3.00. The van der Waals surface area contributed by atoms with E-state index < -0.39 is 0 Å². The van der Waals surface area contributed by atoms with Crippen molar-refractivity contribution in [1.29, 1.82) is 0 Å². The van der Waals surface area contributed by atoms with Crippen LogP contribution >= 0.6 is 15.9 Å². The van der Waals surface area contributed by atoms with Crippen molar-refractivity contribution in [2.45, 2.75) is 6.42 Å². The minimum atomic E-state index is -0.248. The zero-order valence-electron chi connectivity index (χ0n) is 5.29. The molecule has 3 heteroatoms. The van der Waals surface area contributed by atoms with Gasteiger partial charge in [0.2, 0.25) is 0 Å². The molecule has 0 aromatic carbocycles. The molecule has 0 aromatic rings. The third-order valence-corrected chi connectivity index (χ3v) is 1.08. The molecule has 1 N–H and O–H groups in total. The Morgan fingerprint density at radius 1 is 1.67 bits per heavy atom. The van der Waals surface area contributed by atoms with Gasteiger partial charge in [-0.15, -0.1) is 0 Å². The number of hydrogen-bond acceptors (Lipinski definition) is 1. The van der Waals surface area contributed by atoms with Gasteiger partial charge in [-0.05, 0) is 13.0 Å². The van der Waals surface area contributed by atoms with Crippen LogP contribution < -0.4 is 5.32 Å². The maximum absolute atomic E-state index is 11.4. The van der Waals surface area contributed by atoms with E-state index in [1.165, 1.54) is 0 Å². The molecule has 0 bridgehead atoms. The van der Waals surface area contributed by atoms with Crippen molar-refractivity contribution in [3.63, 3.8) is 0 Å². The second kappa shape index (κ2) is 6.23. The zero-order chi connectivity index (χ0) is 7.11. The van der Waals surface area contributed by atoms with Gasteiger partial charge in [0.05, 0.1) is 6.67 Å². The first-order valence-electron chi connectivity index (χ1n) is 2.87. The summed E-state index contributed by atoms with van der Waals surface area (Å²) in [6.07, 6.45) is 0.584. The number of alkyl halides is 1. The van der Waals surface area contributed by atoms with Crippen LogP contribution in [0.15, 0.2) is 11.1 Å². The van der Waals surface area contributed by atoms with Crippen LogP contribution in [0.3, 0.4) is 0 Å². The number of hydrogen-bond donors (Lipinski definition) is 1. The van der Waals surface area contributed by atoms with Crippen molar-refractivity contribution in [2.24, 2.45) is 0 Å². The summed E-state index contributed by atoms with van der Waals surface area (Å²) in [7, 11) is 0. The number of halogens is 2. The molecule has 0 aliphatic rings. The molecule has 0 aromatic heterocycles. The lowest BCUT2D eigenvalue weighted by atomic mass is 10.4. The van der Waals surface area contributed by atoms with Gasteiger partial charge in [0.25, 0.3) is 0 Å². The molecule has 0 saturated heterocycles. The van der Waals surface area contributed by atoms with E-state index in [4.69, 9.17) is 0 Å². The Hall–Kier alpha value is 0.110. The maximum atomic E-state index is 11.4. The van der Waals surface area contributed by atoms with E-state index in [0.717, 1.165) is 17.6 Å². The van der Waals surface area contributed by atoms with Gasteiger partial charge < -0.3 is 5.32 Å². The molecule has 0 amide bonds. The third kappa shape index (κ3) is 8.11. The summed E-state index contributed by atoms with van der Waals surface area (Å²) >= 11 is 3.18. The highest BCUT2D eigenvalue weighted by molar-refractivity contribution is 9.11. The average molecular weight is 196 g/mol. The van der Waals surface area contributed by atoms with E-state index >= 15 is 0 Å². The standard InChI is InChI=1S/C6H11BrFN/c1-6(7)5-9-4-2-3-8/h9H,1-5H2. The Morgan fingerprint density at radius 2 is 2.33 bits per heavy atom. The summed E-state index contributed by atoms with van der Waals surface area (Å²) in [6, 6.07) is 0. The Bertz CT molecular complexity index is 85.1. The van der Waals surface area contributed by atoms with Crippen LogP contribution in [0.5, 0.6) is 0 Å². The molecule has 9 heavy (non-hydrogen) atoms. The first-order chi connectivity index (χ1) is 4.27. The van der Waals surface area contributed by atoms with E-state index in [1.54, 1.807) is 0 Å². The lowest BCUT2D eigenvalue weighted by molar-refractivity contribution is 0.463. The molecule has 0 atom stereocenters. The van der Waals surface area contributed by atoms with Gasteiger partial charge >= 0.3 is 0 Å². The van der Waals surface area contributed by atoms with Crippen LogP contribution in [0.2, 0.25) is 0 Å². The Kier molecular flexibility index (Phi) is 6.31. The molecule has 0 unspecified atom stereocenters. The van der Waals surface area contributed by atoms with E-state index in [9.17, 15) is 4.39 Å². The van der Waals surface area contributed by atoms with Crippen molar-refractivity contribution in [2.75, 3.05) is 19.8 Å². The first kappa shape index (κ1) is 9.11. The van der Waals surface area contributed by atoms with Gasteiger partial charge in [-0.2, -0.15) is 0 Å². The fourth-order valence-electron chi connectivity index (χ4n) is 0.416. The minimum Gasteiger partial charge on any atom is -0.312 e. The maximum Gasteiger partial charge on any atom is 0.0906 e. The molecule has 0 fully saturated rings. The van der Waals surface area contributed by atoms with E-state index in [0.29, 0.717) is 6.42 Å². The highest BCUT2D eigenvalue weighted by atomic mass is 79.9. The Labute approximate surface area is 63.5 Å². The van der Waals surface area contributed by atoms with Gasteiger partial charge in [-0.1, -0.05) is 22.5 Å². The van der Waals surface area contributed by atoms with Crippen LogP contribution in [0.25, 0.3) is 0 Å². The average Bonchev–Trinajstić information content (AvgIpc) is 1.80. The smallest absolute Gasteiger partial charge is 0.0906 e. The van der Waals surface area contributed by atoms with E-state index in [-0.39, 0.29) is 6.67 Å². The second-order valence-electron chi connectivity index (χ2n) is 1.74. The fraction of sp³-hybridized carbons (Fsp3) is 0.667. The van der Waals surface area contributed by atoms with Gasteiger partial charge in [0.15, 0.2) is 0 Å². The van der Waals surface area contributed by atoms with Crippen molar-refractivity contribution in [3.8, 4) is 0 Å². The predicted molar refractivity (Wildman–Crippen MR) is 41.5 cm³/mol. The molecule has 0 rings (SSSR count). The van der Waals surface area contributed by atoms with E-state index in [1.807, 2.05) is 0 Å². The molecule has 0 aliphatic heterocycles. The molecule has 0 radical (unpaired) electrons. The highest BCUT2D eigenvalue weighted by Crippen LogP contribution is 1.96. The molecule has 0 saturated carbocycles. The lowest BCUT2D eigenvalue weighted by Crippen LogP contribution is -2.16. The van der Waals surface area contributed by atoms with Crippen molar-refractivity contribution in [1.82, 2.24) is 5.32 Å². The highest BCUT2D eigenvalue weighted by Gasteiger charge is 1.86. The normalized spacial score (nSPS) is 9.56. The SMILES string of the molecule is C=C(Br)CNCCCF. The number of rotatable bonds is 5. The van der Waals surface area contributed by atoms with Crippen molar-refractivity contribution >= 4 is 15.9 Å². The Balaban J connectivity index is 2.83. The molecule has 54 valence electrons. The summed E-state index contributed by atoms with van der Waals surface area (Å²) in [5.74, 6) is 0. The number of nitrogens with one attached hydrogen (secondary N) is 1. The molecular formula is C6H11BrFN. The molecule has 0 spiro atoms. The first-order valence-corrected chi connectivity index (χ1v) is 3.66.